The fourth-order valence-electron chi connectivity index (χ4n) is 3.53. The van der Waals surface area contributed by atoms with Crippen LogP contribution in [-0.4, -0.2) is 16.3 Å². The molecule has 0 atom stereocenters. The molecule has 4 N–H and O–H groups in total. The number of primary amides is 1. The molecule has 1 aliphatic rings. The van der Waals surface area contributed by atoms with Crippen molar-refractivity contribution in [2.24, 2.45) is 5.73 Å². The Balaban J connectivity index is 1.94. The van der Waals surface area contributed by atoms with Gasteiger partial charge in [0, 0.05) is 40.1 Å². The lowest BCUT2D eigenvalue weighted by atomic mass is 10.1. The molecular weight excluding hydrogens is 338 g/mol. The molecule has 2 aromatic carbocycles. The van der Waals surface area contributed by atoms with Crippen LogP contribution in [0.25, 0.3) is 10.9 Å². The van der Waals surface area contributed by atoms with E-state index in [9.17, 15) is 9.59 Å². The molecule has 126 valence electrons. The Hall–Kier alpha value is -2.79. The minimum Gasteiger partial charge on any atom is -0.399 e. The number of nitrogens with zero attached hydrogens (tertiary/aromatic N) is 1. The van der Waals surface area contributed by atoms with Gasteiger partial charge in [-0.3, -0.25) is 9.59 Å². The van der Waals surface area contributed by atoms with Crippen LogP contribution in [0, 0.1) is 0 Å². The number of halogens is 1. The highest BCUT2D eigenvalue weighted by Gasteiger charge is 2.28. The molecule has 0 aliphatic heterocycles. The van der Waals surface area contributed by atoms with Crippen LogP contribution in [0.1, 0.15) is 38.4 Å². The Morgan fingerprint density at radius 2 is 1.96 bits per heavy atom. The molecule has 0 saturated carbocycles. The summed E-state index contributed by atoms with van der Waals surface area (Å²) < 4.78 is 1.93. The van der Waals surface area contributed by atoms with E-state index in [4.69, 9.17) is 23.1 Å². The van der Waals surface area contributed by atoms with Crippen molar-refractivity contribution in [1.82, 2.24) is 4.57 Å². The van der Waals surface area contributed by atoms with E-state index in [0.717, 1.165) is 22.0 Å². The first-order valence-electron chi connectivity index (χ1n) is 7.97. The molecule has 1 aromatic heterocycles. The summed E-state index contributed by atoms with van der Waals surface area (Å²) in [4.78, 5) is 24.0. The van der Waals surface area contributed by atoms with E-state index in [1.807, 2.05) is 16.7 Å². The van der Waals surface area contributed by atoms with Crippen molar-refractivity contribution in [3.05, 3.63) is 63.8 Å². The van der Waals surface area contributed by atoms with Gasteiger partial charge in [0.25, 0.3) is 0 Å². The SMILES string of the molecule is NC(=O)c1ccc2c3c(n(Cc4ccc(N)cc4Cl)c2c1)C(=O)CC3. The highest BCUT2D eigenvalue weighted by atomic mass is 35.5. The average molecular weight is 354 g/mol. The maximum Gasteiger partial charge on any atom is 0.248 e. The van der Waals surface area contributed by atoms with Gasteiger partial charge >= 0.3 is 0 Å². The van der Waals surface area contributed by atoms with E-state index >= 15 is 0 Å². The topological polar surface area (TPSA) is 91.1 Å². The van der Waals surface area contributed by atoms with E-state index < -0.39 is 5.91 Å². The maximum atomic E-state index is 12.4. The van der Waals surface area contributed by atoms with Crippen LogP contribution >= 0.6 is 11.6 Å². The number of hydrogen-bond acceptors (Lipinski definition) is 3. The molecule has 3 aromatic rings. The van der Waals surface area contributed by atoms with Crippen LogP contribution < -0.4 is 11.5 Å². The summed E-state index contributed by atoms with van der Waals surface area (Å²) in [5, 5.41) is 1.53. The molecule has 4 rings (SSSR count). The summed E-state index contributed by atoms with van der Waals surface area (Å²) in [6.07, 6.45) is 1.22. The van der Waals surface area contributed by atoms with E-state index in [1.54, 1.807) is 24.3 Å². The molecule has 5 nitrogen and oxygen atoms in total. The molecule has 0 radical (unpaired) electrons. The van der Waals surface area contributed by atoms with E-state index in [2.05, 4.69) is 0 Å². The number of ketones is 1. The lowest BCUT2D eigenvalue weighted by molar-refractivity contribution is 0.0983. The lowest BCUT2D eigenvalue weighted by Gasteiger charge is -2.11. The molecule has 1 aliphatic carbocycles. The molecular formula is C19H16ClN3O2. The number of nitrogens with two attached hydrogens (primary N) is 2. The quantitative estimate of drug-likeness (QED) is 0.708. The van der Waals surface area contributed by atoms with Crippen molar-refractivity contribution in [2.75, 3.05) is 5.73 Å². The Bertz CT molecular complexity index is 1050. The van der Waals surface area contributed by atoms with Gasteiger partial charge in [0.05, 0.1) is 5.69 Å². The Morgan fingerprint density at radius 1 is 1.16 bits per heavy atom. The summed E-state index contributed by atoms with van der Waals surface area (Å²) in [6, 6.07) is 10.6. The molecule has 0 bridgehead atoms. The van der Waals surface area contributed by atoms with Crippen LogP contribution in [0.4, 0.5) is 5.69 Å². The zero-order valence-corrected chi connectivity index (χ0v) is 14.1. The molecule has 0 fully saturated rings. The summed E-state index contributed by atoms with van der Waals surface area (Å²) in [7, 11) is 0. The number of amides is 1. The van der Waals surface area contributed by atoms with Crippen molar-refractivity contribution < 1.29 is 9.59 Å². The van der Waals surface area contributed by atoms with Gasteiger partial charge in [-0.1, -0.05) is 23.7 Å². The molecule has 25 heavy (non-hydrogen) atoms. The van der Waals surface area contributed by atoms with E-state index in [-0.39, 0.29) is 5.78 Å². The normalized spacial score (nSPS) is 13.4. The predicted octanol–water partition coefficient (Wildman–Crippen LogP) is 3.15. The minimum atomic E-state index is -0.494. The number of carbonyl (C=O) groups excluding carboxylic acids is 2. The highest BCUT2D eigenvalue weighted by molar-refractivity contribution is 6.31. The van der Waals surface area contributed by atoms with Gasteiger partial charge in [0.1, 0.15) is 0 Å². The second-order valence-corrected chi connectivity index (χ2v) is 6.69. The first-order chi connectivity index (χ1) is 12.0. The monoisotopic (exact) mass is 353 g/mol. The third-order valence-corrected chi connectivity index (χ3v) is 5.08. The number of rotatable bonds is 3. The largest absolute Gasteiger partial charge is 0.399 e. The van der Waals surface area contributed by atoms with Crippen LogP contribution in [0.3, 0.4) is 0 Å². The van der Waals surface area contributed by atoms with E-state index in [0.29, 0.717) is 41.4 Å². The van der Waals surface area contributed by atoms with Gasteiger partial charge in [0.2, 0.25) is 5.91 Å². The third kappa shape index (κ3) is 2.48. The standard InChI is InChI=1S/C19H16ClN3O2/c20-15-8-12(21)3-1-11(15)9-23-16-7-10(19(22)25)2-4-13(16)14-5-6-17(24)18(14)23/h1-4,7-8H,5-6,9,21H2,(H2,22,25). The second-order valence-electron chi connectivity index (χ2n) is 6.28. The number of fused-ring (bicyclic) bond motifs is 3. The van der Waals surface area contributed by atoms with Gasteiger partial charge in [-0.2, -0.15) is 0 Å². The summed E-state index contributed by atoms with van der Waals surface area (Å²) in [5.74, 6) is -0.384. The molecule has 0 unspecified atom stereocenters. The van der Waals surface area contributed by atoms with Crippen LogP contribution in [0.5, 0.6) is 0 Å². The van der Waals surface area contributed by atoms with Gasteiger partial charge in [-0.25, -0.2) is 0 Å². The minimum absolute atomic E-state index is 0.110. The highest BCUT2D eigenvalue weighted by Crippen LogP contribution is 2.35. The average Bonchev–Trinajstić information content (AvgIpc) is 3.09. The maximum absolute atomic E-state index is 12.4. The van der Waals surface area contributed by atoms with Crippen LogP contribution in [0.15, 0.2) is 36.4 Å². The third-order valence-electron chi connectivity index (χ3n) is 4.73. The Labute approximate surface area is 149 Å². The summed E-state index contributed by atoms with van der Waals surface area (Å²) in [5.41, 5.74) is 15.6. The van der Waals surface area contributed by atoms with Crippen molar-refractivity contribution in [3.8, 4) is 0 Å². The molecule has 0 saturated heterocycles. The Morgan fingerprint density at radius 3 is 2.68 bits per heavy atom. The van der Waals surface area contributed by atoms with Crippen molar-refractivity contribution in [3.63, 3.8) is 0 Å². The number of nitrogen functional groups attached to an aromatic ring is 1. The lowest BCUT2D eigenvalue weighted by Crippen LogP contribution is -2.12. The molecule has 1 amide bonds. The molecule has 1 heterocycles. The zero-order chi connectivity index (χ0) is 17.7. The summed E-state index contributed by atoms with van der Waals surface area (Å²) in [6.45, 7) is 0.429. The number of anilines is 1. The first-order valence-corrected chi connectivity index (χ1v) is 8.35. The van der Waals surface area contributed by atoms with Gasteiger partial charge < -0.3 is 16.0 Å². The van der Waals surface area contributed by atoms with Crippen molar-refractivity contribution >= 4 is 39.9 Å². The molecule has 6 heteroatoms. The number of hydrogen-bond donors (Lipinski definition) is 2. The van der Waals surface area contributed by atoms with Crippen molar-refractivity contribution in [2.45, 2.75) is 19.4 Å². The number of benzene rings is 2. The van der Waals surface area contributed by atoms with Gasteiger partial charge in [0.15, 0.2) is 5.78 Å². The number of aryl methyl sites for hydroxylation is 1. The zero-order valence-electron chi connectivity index (χ0n) is 13.4. The van der Waals surface area contributed by atoms with Crippen LogP contribution in [0.2, 0.25) is 5.02 Å². The Kier molecular flexibility index (Phi) is 3.54. The van der Waals surface area contributed by atoms with Gasteiger partial charge in [-0.05, 0) is 41.8 Å². The van der Waals surface area contributed by atoms with Gasteiger partial charge in [-0.15, -0.1) is 0 Å². The predicted molar refractivity (Wildman–Crippen MR) is 98.1 cm³/mol. The number of carbonyl (C=O) groups is 2. The van der Waals surface area contributed by atoms with Crippen LogP contribution in [-0.2, 0) is 13.0 Å². The first kappa shape index (κ1) is 15.7. The second kappa shape index (κ2) is 5.63. The van der Waals surface area contributed by atoms with E-state index in [1.165, 1.54) is 0 Å². The van der Waals surface area contributed by atoms with Crippen molar-refractivity contribution in [1.29, 1.82) is 0 Å². The smallest absolute Gasteiger partial charge is 0.248 e. The number of aromatic nitrogens is 1. The fraction of sp³-hybridized carbons (Fsp3) is 0.158. The summed E-state index contributed by atoms with van der Waals surface area (Å²) >= 11 is 6.31. The fourth-order valence-corrected chi connectivity index (χ4v) is 3.78. The number of Topliss-reactive ketones (excluding diaryl/α,β-unsaturated/α-hetero) is 1. The molecule has 0 spiro atoms.